The van der Waals surface area contributed by atoms with Crippen LogP contribution in [0, 0.1) is 0 Å². The van der Waals surface area contributed by atoms with E-state index in [1.165, 1.54) is 0 Å². The Labute approximate surface area is 137 Å². The van der Waals surface area contributed by atoms with Gasteiger partial charge in [0.25, 0.3) is 0 Å². The highest BCUT2D eigenvalue weighted by atomic mass is 35.5. The standard InChI is InChI=1S/C14H23ClN4O2S/c1-3-22(20,21)19-10-6-9-17-14(16-2)18-11-12-7-4-5-8-13(12)15/h4-5,7-8,19H,3,6,9-11H2,1-2H3,(H2,16,17,18). The second kappa shape index (κ2) is 9.66. The Bertz CT molecular complexity index is 590. The first-order chi connectivity index (χ1) is 10.5. The summed E-state index contributed by atoms with van der Waals surface area (Å²) in [7, 11) is -1.43. The normalized spacial score (nSPS) is 12.2. The number of nitrogens with one attached hydrogen (secondary N) is 3. The monoisotopic (exact) mass is 346 g/mol. The van der Waals surface area contributed by atoms with E-state index in [9.17, 15) is 8.42 Å². The van der Waals surface area contributed by atoms with Crippen LogP contribution < -0.4 is 15.4 Å². The summed E-state index contributed by atoms with van der Waals surface area (Å²) in [5, 5.41) is 6.99. The molecule has 1 rings (SSSR count). The zero-order valence-corrected chi connectivity index (χ0v) is 14.5. The Morgan fingerprint density at radius 1 is 1.23 bits per heavy atom. The van der Waals surface area contributed by atoms with Crippen LogP contribution in [-0.2, 0) is 16.6 Å². The zero-order valence-electron chi connectivity index (χ0n) is 12.9. The van der Waals surface area contributed by atoms with Crippen molar-refractivity contribution in [3.8, 4) is 0 Å². The SMILES string of the molecule is CCS(=O)(=O)NCCCNC(=NC)NCc1ccccc1Cl. The van der Waals surface area contributed by atoms with Crippen molar-refractivity contribution in [3.05, 3.63) is 34.9 Å². The smallest absolute Gasteiger partial charge is 0.211 e. The van der Waals surface area contributed by atoms with Gasteiger partial charge in [0, 0.05) is 31.7 Å². The number of halogens is 1. The summed E-state index contributed by atoms with van der Waals surface area (Å²) in [6, 6.07) is 7.60. The predicted octanol–water partition coefficient (Wildman–Crippen LogP) is 1.33. The molecule has 0 atom stereocenters. The van der Waals surface area contributed by atoms with Gasteiger partial charge >= 0.3 is 0 Å². The van der Waals surface area contributed by atoms with Crippen molar-refractivity contribution < 1.29 is 8.42 Å². The average Bonchev–Trinajstić information content (AvgIpc) is 2.51. The number of hydrogen-bond donors (Lipinski definition) is 3. The number of hydrogen-bond acceptors (Lipinski definition) is 3. The molecule has 124 valence electrons. The minimum atomic E-state index is -3.12. The van der Waals surface area contributed by atoms with Crippen molar-refractivity contribution in [3.63, 3.8) is 0 Å². The van der Waals surface area contributed by atoms with Crippen LogP contribution in [0.3, 0.4) is 0 Å². The van der Waals surface area contributed by atoms with Crippen molar-refractivity contribution in [2.75, 3.05) is 25.9 Å². The molecule has 0 aliphatic carbocycles. The van der Waals surface area contributed by atoms with Crippen LogP contribution in [0.1, 0.15) is 18.9 Å². The first-order valence-electron chi connectivity index (χ1n) is 7.13. The Morgan fingerprint density at radius 2 is 1.95 bits per heavy atom. The van der Waals surface area contributed by atoms with Gasteiger partial charge in [-0.05, 0) is 25.0 Å². The highest BCUT2D eigenvalue weighted by Gasteiger charge is 2.05. The first kappa shape index (κ1) is 18.7. The molecule has 0 amide bonds. The van der Waals surface area contributed by atoms with E-state index in [0.29, 0.717) is 37.0 Å². The maximum Gasteiger partial charge on any atom is 0.211 e. The molecular weight excluding hydrogens is 324 g/mol. The van der Waals surface area contributed by atoms with Crippen LogP contribution in [0.2, 0.25) is 5.02 Å². The van der Waals surface area contributed by atoms with Crippen LogP contribution in [0.25, 0.3) is 0 Å². The van der Waals surface area contributed by atoms with Gasteiger partial charge in [0.15, 0.2) is 5.96 Å². The van der Waals surface area contributed by atoms with Crippen LogP contribution in [0.15, 0.2) is 29.3 Å². The Kier molecular flexibility index (Phi) is 8.22. The van der Waals surface area contributed by atoms with E-state index in [2.05, 4.69) is 20.3 Å². The molecule has 0 unspecified atom stereocenters. The molecule has 0 radical (unpaired) electrons. The van der Waals surface area contributed by atoms with Gasteiger partial charge in [-0.15, -0.1) is 0 Å². The van der Waals surface area contributed by atoms with Gasteiger partial charge in [-0.1, -0.05) is 29.8 Å². The van der Waals surface area contributed by atoms with E-state index in [0.717, 1.165) is 5.56 Å². The second-order valence-corrected chi connectivity index (χ2v) is 7.10. The van der Waals surface area contributed by atoms with Crippen molar-refractivity contribution in [1.82, 2.24) is 15.4 Å². The third-order valence-corrected chi connectivity index (χ3v) is 4.75. The molecule has 0 saturated heterocycles. The van der Waals surface area contributed by atoms with E-state index in [4.69, 9.17) is 11.6 Å². The number of rotatable bonds is 8. The number of guanidine groups is 1. The third-order valence-electron chi connectivity index (χ3n) is 2.98. The third kappa shape index (κ3) is 7.11. The molecule has 0 bridgehead atoms. The lowest BCUT2D eigenvalue weighted by Gasteiger charge is -2.12. The molecule has 22 heavy (non-hydrogen) atoms. The number of benzene rings is 1. The molecule has 1 aromatic carbocycles. The lowest BCUT2D eigenvalue weighted by Crippen LogP contribution is -2.38. The second-order valence-electron chi connectivity index (χ2n) is 4.60. The topological polar surface area (TPSA) is 82.6 Å². The van der Waals surface area contributed by atoms with Crippen LogP contribution in [0.4, 0.5) is 0 Å². The van der Waals surface area contributed by atoms with Gasteiger partial charge < -0.3 is 10.6 Å². The summed E-state index contributed by atoms with van der Waals surface area (Å²) in [5.41, 5.74) is 0.989. The quantitative estimate of drug-likeness (QED) is 0.377. The van der Waals surface area contributed by atoms with Gasteiger partial charge in [0.2, 0.25) is 10.0 Å². The number of sulfonamides is 1. The fourth-order valence-corrected chi connectivity index (χ4v) is 2.53. The van der Waals surface area contributed by atoms with Gasteiger partial charge in [0.05, 0.1) is 5.75 Å². The van der Waals surface area contributed by atoms with Crippen LogP contribution in [0.5, 0.6) is 0 Å². The van der Waals surface area contributed by atoms with E-state index < -0.39 is 10.0 Å². The maximum absolute atomic E-state index is 11.3. The summed E-state index contributed by atoms with van der Waals surface area (Å²) < 4.78 is 25.0. The Balaban J connectivity index is 2.28. The summed E-state index contributed by atoms with van der Waals surface area (Å²) in [6.07, 6.45) is 0.673. The molecule has 0 heterocycles. The molecule has 0 fully saturated rings. The molecule has 1 aromatic rings. The van der Waals surface area contributed by atoms with Crippen molar-refractivity contribution in [2.24, 2.45) is 4.99 Å². The van der Waals surface area contributed by atoms with Gasteiger partial charge in [-0.3, -0.25) is 4.99 Å². The molecule has 0 aromatic heterocycles. The number of aliphatic imine (C=N–C) groups is 1. The van der Waals surface area contributed by atoms with E-state index in [1.54, 1.807) is 14.0 Å². The highest BCUT2D eigenvalue weighted by Crippen LogP contribution is 2.14. The van der Waals surface area contributed by atoms with Crippen molar-refractivity contribution in [1.29, 1.82) is 0 Å². The van der Waals surface area contributed by atoms with Gasteiger partial charge in [-0.2, -0.15) is 0 Å². The molecular formula is C14H23ClN4O2S. The van der Waals surface area contributed by atoms with E-state index in [-0.39, 0.29) is 5.75 Å². The Hall–Kier alpha value is -1.31. The molecule has 8 heteroatoms. The highest BCUT2D eigenvalue weighted by molar-refractivity contribution is 7.89. The molecule has 3 N–H and O–H groups in total. The predicted molar refractivity (Wildman–Crippen MR) is 91.7 cm³/mol. The lowest BCUT2D eigenvalue weighted by atomic mass is 10.2. The summed E-state index contributed by atoms with van der Waals surface area (Å²) in [6.45, 7) is 3.21. The van der Waals surface area contributed by atoms with E-state index in [1.807, 2.05) is 24.3 Å². The molecule has 0 spiro atoms. The van der Waals surface area contributed by atoms with Gasteiger partial charge in [0.1, 0.15) is 0 Å². The van der Waals surface area contributed by atoms with E-state index >= 15 is 0 Å². The van der Waals surface area contributed by atoms with Crippen LogP contribution in [-0.4, -0.2) is 40.3 Å². The zero-order chi connectivity index (χ0) is 16.4. The minimum absolute atomic E-state index is 0.0987. The minimum Gasteiger partial charge on any atom is -0.356 e. The van der Waals surface area contributed by atoms with Crippen LogP contribution >= 0.6 is 11.6 Å². The summed E-state index contributed by atoms with van der Waals surface area (Å²) in [5.74, 6) is 0.750. The Morgan fingerprint density at radius 3 is 2.59 bits per heavy atom. The lowest BCUT2D eigenvalue weighted by molar-refractivity contribution is 0.579. The first-order valence-corrected chi connectivity index (χ1v) is 9.16. The maximum atomic E-state index is 11.3. The van der Waals surface area contributed by atoms with Gasteiger partial charge in [-0.25, -0.2) is 13.1 Å². The average molecular weight is 347 g/mol. The fraction of sp³-hybridized carbons (Fsp3) is 0.500. The molecule has 0 aliphatic rings. The molecule has 6 nitrogen and oxygen atoms in total. The summed E-state index contributed by atoms with van der Waals surface area (Å²) in [4.78, 5) is 4.11. The van der Waals surface area contributed by atoms with Crippen molar-refractivity contribution >= 4 is 27.6 Å². The molecule has 0 saturated carbocycles. The fourth-order valence-electron chi connectivity index (χ4n) is 1.67. The molecule has 0 aliphatic heterocycles. The largest absolute Gasteiger partial charge is 0.356 e. The number of nitrogens with zero attached hydrogens (tertiary/aromatic N) is 1. The summed E-state index contributed by atoms with van der Waals surface area (Å²) >= 11 is 6.09. The van der Waals surface area contributed by atoms with Crippen molar-refractivity contribution in [2.45, 2.75) is 19.9 Å².